The normalized spacial score (nSPS) is 10.5. The summed E-state index contributed by atoms with van der Waals surface area (Å²) in [5.74, 6) is -0.0530. The van der Waals surface area contributed by atoms with Crippen LogP contribution in [-0.4, -0.2) is 27.9 Å². The summed E-state index contributed by atoms with van der Waals surface area (Å²) in [4.78, 5) is 13.8. The predicted octanol–water partition coefficient (Wildman–Crippen LogP) is 0.708. The van der Waals surface area contributed by atoms with Crippen molar-refractivity contribution < 1.29 is 4.79 Å². The number of likely N-dealkylation sites (N-methyl/N-ethyl adjacent to an activating group) is 1. The van der Waals surface area contributed by atoms with Gasteiger partial charge in [-0.15, -0.1) is 5.10 Å². The average molecular weight is 259 g/mol. The molecule has 0 bridgehead atoms. The Morgan fingerprint density at radius 3 is 2.79 bits per heavy atom. The van der Waals surface area contributed by atoms with Gasteiger partial charge in [-0.1, -0.05) is 23.4 Å². The monoisotopic (exact) mass is 259 g/mol. The van der Waals surface area contributed by atoms with Gasteiger partial charge in [0, 0.05) is 19.3 Å². The van der Waals surface area contributed by atoms with Crippen molar-refractivity contribution >= 4 is 11.6 Å². The van der Waals surface area contributed by atoms with E-state index in [0.717, 1.165) is 11.3 Å². The maximum atomic E-state index is 12.2. The van der Waals surface area contributed by atoms with Crippen LogP contribution in [0.5, 0.6) is 0 Å². The highest BCUT2D eigenvalue weighted by Crippen LogP contribution is 2.18. The molecule has 0 fully saturated rings. The largest absolute Gasteiger partial charge is 0.325 e. The number of nitrogens with zero attached hydrogens (tertiary/aromatic N) is 4. The molecule has 6 nitrogen and oxygen atoms in total. The average Bonchev–Trinajstić information content (AvgIpc) is 2.86. The number of carbonyl (C=O) groups excluding carboxylic acids is 1. The van der Waals surface area contributed by atoms with E-state index in [-0.39, 0.29) is 12.5 Å². The fourth-order valence-corrected chi connectivity index (χ4v) is 1.83. The van der Waals surface area contributed by atoms with Gasteiger partial charge in [-0.2, -0.15) is 0 Å². The molecule has 1 amide bonds. The van der Waals surface area contributed by atoms with E-state index in [0.29, 0.717) is 12.2 Å². The first-order chi connectivity index (χ1) is 9.11. The molecule has 2 N–H and O–H groups in total. The van der Waals surface area contributed by atoms with Gasteiger partial charge in [0.15, 0.2) is 0 Å². The van der Waals surface area contributed by atoms with E-state index < -0.39 is 0 Å². The van der Waals surface area contributed by atoms with Crippen molar-refractivity contribution in [3.05, 3.63) is 41.7 Å². The van der Waals surface area contributed by atoms with Gasteiger partial charge in [-0.3, -0.25) is 4.79 Å². The number of amides is 1. The van der Waals surface area contributed by atoms with Gasteiger partial charge in [0.2, 0.25) is 5.91 Å². The zero-order valence-corrected chi connectivity index (χ0v) is 11.1. The Morgan fingerprint density at radius 1 is 1.42 bits per heavy atom. The molecule has 2 aromatic rings. The highest BCUT2D eigenvalue weighted by Gasteiger charge is 2.13. The summed E-state index contributed by atoms with van der Waals surface area (Å²) in [6, 6.07) is 7.75. The van der Waals surface area contributed by atoms with Crippen LogP contribution < -0.4 is 10.6 Å². The lowest BCUT2D eigenvalue weighted by molar-refractivity contribution is -0.119. The third-order valence-corrected chi connectivity index (χ3v) is 2.94. The Morgan fingerprint density at radius 2 is 2.16 bits per heavy atom. The second-order valence-corrected chi connectivity index (χ2v) is 4.35. The van der Waals surface area contributed by atoms with Crippen molar-refractivity contribution in [1.29, 1.82) is 0 Å². The van der Waals surface area contributed by atoms with Gasteiger partial charge in [0.25, 0.3) is 0 Å². The lowest BCUT2D eigenvalue weighted by Crippen LogP contribution is -2.30. The van der Waals surface area contributed by atoms with Crippen LogP contribution in [0.3, 0.4) is 0 Å². The molecule has 0 aliphatic rings. The number of aryl methyl sites for hydroxylation is 1. The third-order valence-electron chi connectivity index (χ3n) is 2.94. The number of benzene rings is 1. The molecule has 6 heteroatoms. The van der Waals surface area contributed by atoms with Gasteiger partial charge in [0.05, 0.1) is 11.9 Å². The van der Waals surface area contributed by atoms with E-state index in [4.69, 9.17) is 5.73 Å². The van der Waals surface area contributed by atoms with E-state index in [9.17, 15) is 4.79 Å². The molecule has 19 heavy (non-hydrogen) atoms. The molecule has 2 rings (SSSR count). The van der Waals surface area contributed by atoms with E-state index in [2.05, 4.69) is 10.3 Å². The first-order valence-electron chi connectivity index (χ1n) is 6.03. The molecular formula is C13H17N5O. The van der Waals surface area contributed by atoms with Crippen LogP contribution in [0.15, 0.2) is 30.5 Å². The number of nitrogens with two attached hydrogens (primary N) is 1. The van der Waals surface area contributed by atoms with Crippen LogP contribution in [0, 0.1) is 6.92 Å². The van der Waals surface area contributed by atoms with Gasteiger partial charge in [0.1, 0.15) is 6.54 Å². The molecule has 1 heterocycles. The third kappa shape index (κ3) is 2.97. The van der Waals surface area contributed by atoms with Gasteiger partial charge < -0.3 is 10.6 Å². The number of rotatable bonds is 4. The summed E-state index contributed by atoms with van der Waals surface area (Å²) in [6.07, 6.45) is 1.68. The zero-order chi connectivity index (χ0) is 13.8. The standard InChI is InChI=1S/C13H17N5O/c1-10-5-3-4-6-12(10)17(2)13(19)9-18-8-11(7-14)15-16-18/h3-6,8H,7,9,14H2,1-2H3. The predicted molar refractivity (Wildman–Crippen MR) is 72.5 cm³/mol. The molecule has 0 saturated heterocycles. The fourth-order valence-electron chi connectivity index (χ4n) is 1.83. The minimum absolute atomic E-state index is 0.0530. The minimum atomic E-state index is -0.0530. The number of anilines is 1. The number of hydrogen-bond acceptors (Lipinski definition) is 4. The second kappa shape index (κ2) is 5.62. The molecular weight excluding hydrogens is 242 g/mol. The lowest BCUT2D eigenvalue weighted by Gasteiger charge is -2.19. The minimum Gasteiger partial charge on any atom is -0.325 e. The van der Waals surface area contributed by atoms with Crippen LogP contribution in [0.4, 0.5) is 5.69 Å². The van der Waals surface area contributed by atoms with Crippen molar-refractivity contribution in [3.8, 4) is 0 Å². The van der Waals surface area contributed by atoms with Crippen LogP contribution in [0.1, 0.15) is 11.3 Å². The molecule has 100 valence electrons. The first kappa shape index (κ1) is 13.2. The Labute approximate surface area is 111 Å². The maximum absolute atomic E-state index is 12.2. The highest BCUT2D eigenvalue weighted by molar-refractivity contribution is 5.93. The van der Waals surface area contributed by atoms with E-state index in [1.807, 2.05) is 31.2 Å². The Hall–Kier alpha value is -2.21. The summed E-state index contributed by atoms with van der Waals surface area (Å²) in [6.45, 7) is 2.45. The van der Waals surface area contributed by atoms with Crippen LogP contribution in [0.2, 0.25) is 0 Å². The summed E-state index contributed by atoms with van der Waals surface area (Å²) in [5.41, 5.74) is 8.08. The topological polar surface area (TPSA) is 77.0 Å². The fraction of sp³-hybridized carbons (Fsp3) is 0.308. The van der Waals surface area contributed by atoms with Crippen molar-refractivity contribution in [2.45, 2.75) is 20.0 Å². The maximum Gasteiger partial charge on any atom is 0.248 e. The molecule has 0 atom stereocenters. The quantitative estimate of drug-likeness (QED) is 0.877. The van der Waals surface area contributed by atoms with Gasteiger partial charge in [-0.05, 0) is 18.6 Å². The van der Waals surface area contributed by atoms with Gasteiger partial charge >= 0.3 is 0 Å². The van der Waals surface area contributed by atoms with Crippen molar-refractivity contribution in [2.24, 2.45) is 5.73 Å². The number of aromatic nitrogens is 3. The molecule has 1 aromatic heterocycles. The van der Waals surface area contributed by atoms with Crippen molar-refractivity contribution in [2.75, 3.05) is 11.9 Å². The second-order valence-electron chi connectivity index (χ2n) is 4.35. The number of hydrogen-bond donors (Lipinski definition) is 1. The Balaban J connectivity index is 2.09. The molecule has 0 spiro atoms. The summed E-state index contributed by atoms with van der Waals surface area (Å²) in [5, 5.41) is 7.72. The van der Waals surface area contributed by atoms with Crippen LogP contribution >= 0.6 is 0 Å². The smallest absolute Gasteiger partial charge is 0.248 e. The first-order valence-corrected chi connectivity index (χ1v) is 6.03. The molecule has 0 aliphatic carbocycles. The molecule has 1 aromatic carbocycles. The summed E-state index contributed by atoms with van der Waals surface area (Å²) < 4.78 is 1.50. The summed E-state index contributed by atoms with van der Waals surface area (Å²) >= 11 is 0. The van der Waals surface area contributed by atoms with Crippen molar-refractivity contribution in [1.82, 2.24) is 15.0 Å². The number of carbonyl (C=O) groups is 1. The van der Waals surface area contributed by atoms with Crippen LogP contribution in [-0.2, 0) is 17.9 Å². The van der Waals surface area contributed by atoms with E-state index >= 15 is 0 Å². The molecule has 0 aliphatic heterocycles. The van der Waals surface area contributed by atoms with Crippen molar-refractivity contribution in [3.63, 3.8) is 0 Å². The lowest BCUT2D eigenvalue weighted by atomic mass is 10.2. The van der Waals surface area contributed by atoms with Gasteiger partial charge in [-0.25, -0.2) is 4.68 Å². The van der Waals surface area contributed by atoms with E-state index in [1.54, 1.807) is 18.1 Å². The number of para-hydroxylation sites is 1. The SMILES string of the molecule is Cc1ccccc1N(C)C(=O)Cn1cc(CN)nn1. The van der Waals surface area contributed by atoms with E-state index in [1.165, 1.54) is 4.68 Å². The Kier molecular flexibility index (Phi) is 3.91. The molecule has 0 unspecified atom stereocenters. The van der Waals surface area contributed by atoms with Crippen LogP contribution in [0.25, 0.3) is 0 Å². The molecule has 0 saturated carbocycles. The Bertz CT molecular complexity index is 578. The highest BCUT2D eigenvalue weighted by atomic mass is 16.2. The zero-order valence-electron chi connectivity index (χ0n) is 11.1. The molecule has 0 radical (unpaired) electrons. The summed E-state index contributed by atoms with van der Waals surface area (Å²) in [7, 11) is 1.76.